The van der Waals surface area contributed by atoms with Gasteiger partial charge in [0.15, 0.2) is 16.7 Å². The van der Waals surface area contributed by atoms with Crippen molar-refractivity contribution in [3.63, 3.8) is 0 Å². The largest absolute Gasteiger partial charge is 0.493 e. The van der Waals surface area contributed by atoms with Crippen LogP contribution in [0.4, 0.5) is 0 Å². The second-order valence-corrected chi connectivity index (χ2v) is 9.07. The first-order valence-corrected chi connectivity index (χ1v) is 12.2. The zero-order valence-corrected chi connectivity index (χ0v) is 20.9. The number of nitrogens with one attached hydrogen (secondary N) is 1. The predicted molar refractivity (Wildman–Crippen MR) is 139 cm³/mol. The summed E-state index contributed by atoms with van der Waals surface area (Å²) in [6.07, 6.45) is 0. The molecule has 1 aromatic heterocycles. The Morgan fingerprint density at radius 1 is 1.00 bits per heavy atom. The van der Waals surface area contributed by atoms with Crippen LogP contribution >= 0.6 is 23.4 Å². The number of hydrogen-bond donors (Lipinski definition) is 1. The summed E-state index contributed by atoms with van der Waals surface area (Å²) in [6, 6.07) is 20.2. The molecule has 9 heteroatoms. The molecule has 180 valence electrons. The Morgan fingerprint density at radius 3 is 2.37 bits per heavy atom. The van der Waals surface area contributed by atoms with Gasteiger partial charge < -0.3 is 14.8 Å². The number of carbonyl (C=O) groups is 1. The molecule has 0 aliphatic rings. The van der Waals surface area contributed by atoms with Gasteiger partial charge in [-0.2, -0.15) is 0 Å². The highest BCUT2D eigenvalue weighted by atomic mass is 35.5. The first kappa shape index (κ1) is 24.6. The summed E-state index contributed by atoms with van der Waals surface area (Å²) in [5.74, 6) is 0.869. The molecule has 4 rings (SSSR count). The van der Waals surface area contributed by atoms with Crippen LogP contribution in [0.15, 0.2) is 76.7 Å². The summed E-state index contributed by atoms with van der Waals surface area (Å²) in [7, 11) is 3.04. The lowest BCUT2D eigenvalue weighted by atomic mass is 10.2. The van der Waals surface area contributed by atoms with Crippen LogP contribution in [0.1, 0.15) is 11.1 Å². The highest BCUT2D eigenvalue weighted by Crippen LogP contribution is 2.31. The Hall–Kier alpha value is -3.49. The van der Waals surface area contributed by atoms with Crippen molar-refractivity contribution < 1.29 is 14.3 Å². The van der Waals surface area contributed by atoms with E-state index >= 15 is 0 Å². The van der Waals surface area contributed by atoms with Gasteiger partial charge in [-0.15, -0.1) is 0 Å². The van der Waals surface area contributed by atoms with Gasteiger partial charge in [-0.25, -0.2) is 4.98 Å². The Kier molecular flexibility index (Phi) is 7.94. The van der Waals surface area contributed by atoms with Gasteiger partial charge in [-0.05, 0) is 29.3 Å². The number of thioether (sulfide) groups is 1. The van der Waals surface area contributed by atoms with Gasteiger partial charge in [0.05, 0.1) is 37.4 Å². The number of nitrogens with zero attached hydrogens (tertiary/aromatic N) is 2. The summed E-state index contributed by atoms with van der Waals surface area (Å²) >= 11 is 7.23. The van der Waals surface area contributed by atoms with Gasteiger partial charge in [-0.1, -0.05) is 65.8 Å². The zero-order chi connectivity index (χ0) is 24.8. The molecule has 35 heavy (non-hydrogen) atoms. The molecule has 1 heterocycles. The highest BCUT2D eigenvalue weighted by Gasteiger charge is 2.17. The number of benzene rings is 3. The smallest absolute Gasteiger partial charge is 0.262 e. The minimum absolute atomic E-state index is 0.110. The molecule has 3 aromatic carbocycles. The van der Waals surface area contributed by atoms with Crippen LogP contribution in [0.5, 0.6) is 11.5 Å². The second kappa shape index (κ2) is 11.3. The summed E-state index contributed by atoms with van der Waals surface area (Å²) in [4.78, 5) is 30.8. The van der Waals surface area contributed by atoms with Crippen molar-refractivity contribution in [3.05, 3.63) is 93.2 Å². The number of ether oxygens (including phenoxy) is 2. The Morgan fingerprint density at radius 2 is 1.69 bits per heavy atom. The molecule has 0 bridgehead atoms. The minimum atomic E-state index is -0.238. The third kappa shape index (κ3) is 5.96. The number of amides is 1. The fourth-order valence-electron chi connectivity index (χ4n) is 3.53. The lowest BCUT2D eigenvalue weighted by Gasteiger charge is -2.15. The van der Waals surface area contributed by atoms with E-state index in [4.69, 9.17) is 26.1 Å². The Labute approximate surface area is 212 Å². The topological polar surface area (TPSA) is 82.5 Å². The van der Waals surface area contributed by atoms with Crippen LogP contribution in [0.3, 0.4) is 0 Å². The number of halogens is 1. The summed E-state index contributed by atoms with van der Waals surface area (Å²) in [5.41, 5.74) is 2.12. The number of methoxy groups -OCH3 is 2. The van der Waals surface area contributed by atoms with E-state index in [1.165, 1.54) is 26.0 Å². The van der Waals surface area contributed by atoms with Crippen LogP contribution in [0, 0.1) is 0 Å². The molecular formula is C26H24ClN3O4S. The lowest BCUT2D eigenvalue weighted by Crippen LogP contribution is -2.27. The maximum Gasteiger partial charge on any atom is 0.262 e. The molecular weight excluding hydrogens is 486 g/mol. The van der Waals surface area contributed by atoms with Crippen molar-refractivity contribution in [2.24, 2.45) is 0 Å². The second-order valence-electron chi connectivity index (χ2n) is 7.69. The molecule has 7 nitrogen and oxygen atoms in total. The van der Waals surface area contributed by atoms with E-state index in [0.717, 1.165) is 11.1 Å². The van der Waals surface area contributed by atoms with Crippen molar-refractivity contribution in [1.82, 2.24) is 14.9 Å². The summed E-state index contributed by atoms with van der Waals surface area (Å²) in [6.45, 7) is 0.710. The van der Waals surface area contributed by atoms with Gasteiger partial charge in [-0.3, -0.25) is 14.2 Å². The fraction of sp³-hybridized carbons (Fsp3) is 0.192. The standard InChI is InChI=1S/C26H24ClN3O4S/c1-33-22-12-20-21(13-23(22)34-2)29-26(30(25(20)32)15-18-8-10-19(27)11-9-18)35-16-24(31)28-14-17-6-4-3-5-7-17/h3-13H,14-16H2,1-2H3,(H,28,31). The third-order valence-corrected chi connectivity index (χ3v) is 6.57. The molecule has 0 spiro atoms. The number of carbonyl (C=O) groups excluding carboxylic acids is 1. The van der Waals surface area contributed by atoms with E-state index in [0.29, 0.717) is 39.1 Å². The molecule has 0 saturated heterocycles. The van der Waals surface area contributed by atoms with Gasteiger partial charge in [0.25, 0.3) is 5.56 Å². The predicted octanol–water partition coefficient (Wildman–Crippen LogP) is 4.52. The Bertz CT molecular complexity index is 1390. The quantitative estimate of drug-likeness (QED) is 0.264. The van der Waals surface area contributed by atoms with E-state index in [9.17, 15) is 9.59 Å². The fourth-order valence-corrected chi connectivity index (χ4v) is 4.48. The SMILES string of the molecule is COc1cc2nc(SCC(=O)NCc3ccccc3)n(Cc3ccc(Cl)cc3)c(=O)c2cc1OC. The average molecular weight is 510 g/mol. The molecule has 0 radical (unpaired) electrons. The molecule has 0 atom stereocenters. The van der Waals surface area contributed by atoms with Crippen molar-refractivity contribution in [3.8, 4) is 11.5 Å². The van der Waals surface area contributed by atoms with Crippen molar-refractivity contribution in [1.29, 1.82) is 0 Å². The Balaban J connectivity index is 1.65. The number of hydrogen-bond acceptors (Lipinski definition) is 6. The maximum atomic E-state index is 13.5. The van der Waals surface area contributed by atoms with E-state index in [-0.39, 0.29) is 23.8 Å². The molecule has 4 aromatic rings. The lowest BCUT2D eigenvalue weighted by molar-refractivity contribution is -0.118. The number of rotatable bonds is 9. The molecule has 0 aliphatic carbocycles. The van der Waals surface area contributed by atoms with Crippen LogP contribution in [0.2, 0.25) is 5.02 Å². The molecule has 1 N–H and O–H groups in total. The minimum Gasteiger partial charge on any atom is -0.493 e. The van der Waals surface area contributed by atoms with Crippen molar-refractivity contribution in [2.45, 2.75) is 18.2 Å². The van der Waals surface area contributed by atoms with Crippen molar-refractivity contribution in [2.75, 3.05) is 20.0 Å². The molecule has 0 unspecified atom stereocenters. The number of fused-ring (bicyclic) bond motifs is 1. The first-order valence-electron chi connectivity index (χ1n) is 10.8. The van der Waals surface area contributed by atoms with Gasteiger partial charge >= 0.3 is 0 Å². The van der Waals surface area contributed by atoms with Crippen LogP contribution in [-0.4, -0.2) is 35.4 Å². The average Bonchev–Trinajstić information content (AvgIpc) is 2.89. The highest BCUT2D eigenvalue weighted by molar-refractivity contribution is 7.99. The normalized spacial score (nSPS) is 10.8. The van der Waals surface area contributed by atoms with E-state index in [1.54, 1.807) is 28.8 Å². The summed E-state index contributed by atoms with van der Waals surface area (Å²) in [5, 5.41) is 4.34. The third-order valence-electron chi connectivity index (χ3n) is 5.34. The van der Waals surface area contributed by atoms with E-state index < -0.39 is 0 Å². The van der Waals surface area contributed by atoms with Gasteiger partial charge in [0, 0.05) is 17.6 Å². The van der Waals surface area contributed by atoms with Gasteiger partial charge in [0.2, 0.25) is 5.91 Å². The number of aromatic nitrogens is 2. The molecule has 1 amide bonds. The zero-order valence-electron chi connectivity index (χ0n) is 19.3. The van der Waals surface area contributed by atoms with E-state index in [1.807, 2.05) is 42.5 Å². The molecule has 0 aliphatic heterocycles. The van der Waals surface area contributed by atoms with Gasteiger partial charge in [0.1, 0.15) is 0 Å². The van der Waals surface area contributed by atoms with Crippen LogP contribution < -0.4 is 20.3 Å². The molecule has 0 fully saturated rings. The first-order chi connectivity index (χ1) is 17.0. The van der Waals surface area contributed by atoms with Crippen LogP contribution in [-0.2, 0) is 17.9 Å². The summed E-state index contributed by atoms with van der Waals surface area (Å²) < 4.78 is 12.3. The molecule has 0 saturated carbocycles. The van der Waals surface area contributed by atoms with E-state index in [2.05, 4.69) is 5.32 Å². The maximum absolute atomic E-state index is 13.5. The van der Waals surface area contributed by atoms with Crippen molar-refractivity contribution >= 4 is 40.2 Å². The monoisotopic (exact) mass is 509 g/mol. The van der Waals surface area contributed by atoms with Crippen LogP contribution in [0.25, 0.3) is 10.9 Å².